The van der Waals surface area contributed by atoms with Crippen LogP contribution in [0.25, 0.3) is 0 Å². The van der Waals surface area contributed by atoms with Crippen molar-refractivity contribution in [3.05, 3.63) is 117 Å². The average Bonchev–Trinajstić information content (AvgIpc) is 3.49. The molecule has 43 heavy (non-hydrogen) atoms. The number of carbonyl (C=O) groups excluding carboxylic acids is 3. The summed E-state index contributed by atoms with van der Waals surface area (Å²) >= 11 is 12.4. The van der Waals surface area contributed by atoms with E-state index < -0.39 is 24.1 Å². The van der Waals surface area contributed by atoms with Gasteiger partial charge in [0.25, 0.3) is 5.91 Å². The zero-order valence-electron chi connectivity index (χ0n) is 22.7. The van der Waals surface area contributed by atoms with Gasteiger partial charge in [-0.2, -0.15) is 0 Å². The summed E-state index contributed by atoms with van der Waals surface area (Å²) in [5.41, 5.74) is 3.19. The van der Waals surface area contributed by atoms with Crippen LogP contribution in [-0.4, -0.2) is 38.6 Å². The van der Waals surface area contributed by atoms with Gasteiger partial charge in [0.1, 0.15) is 5.15 Å². The van der Waals surface area contributed by atoms with E-state index in [4.69, 9.17) is 32.7 Å². The number of halogens is 2. The molecule has 2 aliphatic rings. The fourth-order valence-electron chi connectivity index (χ4n) is 5.18. The number of carbonyl (C=O) groups is 3. The van der Waals surface area contributed by atoms with Gasteiger partial charge in [0.2, 0.25) is 0 Å². The number of nitrogens with zero attached hydrogens (tertiary/aromatic N) is 2. The summed E-state index contributed by atoms with van der Waals surface area (Å²) < 4.78 is 19.3. The van der Waals surface area contributed by atoms with E-state index in [1.165, 1.54) is 18.2 Å². The van der Waals surface area contributed by atoms with Gasteiger partial charge in [-0.25, -0.2) is 14.6 Å². The molecule has 0 spiro atoms. The third-order valence-electron chi connectivity index (χ3n) is 7.56. The lowest BCUT2D eigenvalue weighted by Crippen LogP contribution is -2.39. The summed E-state index contributed by atoms with van der Waals surface area (Å²) in [4.78, 5) is 40.8. The number of imidazole rings is 1. The highest BCUT2D eigenvalue weighted by molar-refractivity contribution is 6.40. The molecule has 2 aliphatic heterocycles. The first kappa shape index (κ1) is 29.0. The number of anilines is 1. The Balaban J connectivity index is 1.26. The van der Waals surface area contributed by atoms with Crippen molar-refractivity contribution < 1.29 is 33.7 Å². The lowest BCUT2D eigenvalue weighted by Gasteiger charge is -2.41. The number of esters is 2. The number of hydrogen-bond donors (Lipinski definition) is 2. The van der Waals surface area contributed by atoms with Gasteiger partial charge in [-0.15, -0.1) is 0 Å². The second-order valence-corrected chi connectivity index (χ2v) is 11.0. The summed E-state index contributed by atoms with van der Waals surface area (Å²) in [7, 11) is 0. The number of aliphatic hydroxyl groups is 1. The van der Waals surface area contributed by atoms with Gasteiger partial charge < -0.3 is 29.2 Å². The van der Waals surface area contributed by atoms with Crippen LogP contribution in [0.3, 0.4) is 0 Å². The molecule has 1 aromatic heterocycles. The van der Waals surface area contributed by atoms with Crippen LogP contribution in [-0.2, 0) is 27.4 Å². The van der Waals surface area contributed by atoms with Crippen LogP contribution in [0.15, 0.2) is 73.1 Å². The maximum Gasteiger partial charge on any atom is 0.346 e. The Morgan fingerprint density at radius 1 is 0.977 bits per heavy atom. The molecule has 1 unspecified atom stereocenters. The molecule has 0 radical (unpaired) electrons. The predicted octanol–water partition coefficient (Wildman–Crippen LogP) is 5.74. The number of cyclic esters (lactones) is 2. The molecule has 6 rings (SSSR count). The first-order chi connectivity index (χ1) is 20.7. The highest BCUT2D eigenvalue weighted by atomic mass is 35.5. The number of aromatic nitrogens is 2. The maximum atomic E-state index is 13.1. The van der Waals surface area contributed by atoms with E-state index in [0.29, 0.717) is 22.9 Å². The van der Waals surface area contributed by atoms with Gasteiger partial charge in [0.05, 0.1) is 42.8 Å². The molecule has 2 N–H and O–H groups in total. The van der Waals surface area contributed by atoms with Crippen LogP contribution in [0.1, 0.15) is 67.1 Å². The Morgan fingerprint density at radius 3 is 2.47 bits per heavy atom. The summed E-state index contributed by atoms with van der Waals surface area (Å²) in [6.07, 6.45) is 0.0118. The van der Waals surface area contributed by atoms with E-state index in [9.17, 15) is 19.5 Å². The highest BCUT2D eigenvalue weighted by Crippen LogP contribution is 2.42. The molecular formula is C31H25Cl2N3O7. The Hall–Kier alpha value is -4.06. The van der Waals surface area contributed by atoms with Crippen LogP contribution in [0.2, 0.25) is 10.3 Å². The van der Waals surface area contributed by atoms with Crippen molar-refractivity contribution in [3.8, 4) is 0 Å². The number of benzene rings is 3. The number of fused-ring (bicyclic) bond motifs is 1. The van der Waals surface area contributed by atoms with Crippen molar-refractivity contribution >= 4 is 46.7 Å². The molecule has 0 bridgehead atoms. The Kier molecular flexibility index (Phi) is 8.04. The molecule has 220 valence electrons. The summed E-state index contributed by atoms with van der Waals surface area (Å²) in [5, 5.41) is 12.8. The Labute approximate surface area is 256 Å². The molecule has 0 aliphatic carbocycles. The molecule has 1 saturated heterocycles. The minimum atomic E-state index is -0.806. The lowest BCUT2D eigenvalue weighted by molar-refractivity contribution is -0.276. The zero-order chi connectivity index (χ0) is 30.2. The molecule has 3 aromatic carbocycles. The second-order valence-electron chi connectivity index (χ2n) is 10.3. The Morgan fingerprint density at radius 2 is 1.74 bits per heavy atom. The molecule has 0 saturated carbocycles. The fourth-order valence-corrected chi connectivity index (χ4v) is 5.50. The third kappa shape index (κ3) is 5.80. The van der Waals surface area contributed by atoms with Crippen molar-refractivity contribution in [3.63, 3.8) is 0 Å². The van der Waals surface area contributed by atoms with Gasteiger partial charge in [-0.3, -0.25) is 4.79 Å². The van der Waals surface area contributed by atoms with Gasteiger partial charge in [-0.1, -0.05) is 66.5 Å². The van der Waals surface area contributed by atoms with Crippen LogP contribution < -0.4 is 5.32 Å². The van der Waals surface area contributed by atoms with E-state index >= 15 is 0 Å². The number of aliphatic hydroxyl groups excluding tert-OH is 1. The summed E-state index contributed by atoms with van der Waals surface area (Å²) in [5.74, 6) is -2.11. The molecule has 3 heterocycles. The van der Waals surface area contributed by atoms with E-state index in [1.807, 2.05) is 37.3 Å². The lowest BCUT2D eigenvalue weighted by atomic mass is 9.90. The van der Waals surface area contributed by atoms with Crippen molar-refractivity contribution in [2.45, 2.75) is 38.6 Å². The molecule has 1 amide bonds. The number of ether oxygens (including phenoxy) is 3. The molecule has 12 heteroatoms. The number of rotatable bonds is 7. The van der Waals surface area contributed by atoms with Crippen LogP contribution in [0.4, 0.5) is 5.69 Å². The smallest absolute Gasteiger partial charge is 0.346 e. The van der Waals surface area contributed by atoms with Gasteiger partial charge in [0.15, 0.2) is 11.4 Å². The van der Waals surface area contributed by atoms with Crippen molar-refractivity contribution in [2.24, 2.45) is 5.92 Å². The van der Waals surface area contributed by atoms with Crippen molar-refractivity contribution in [1.82, 2.24) is 9.55 Å². The van der Waals surface area contributed by atoms with Crippen molar-refractivity contribution in [2.75, 3.05) is 5.32 Å². The number of hydrogen-bond acceptors (Lipinski definition) is 8. The number of nitrogens with one attached hydrogen (secondary N) is 1. The standard InChI is InChI=1S/C31H25Cl2N3O7/c1-16-24(13-36-15-34-26(32)27(36)33)41-31(42-25(16)18-7-5-17(14-37)6-8-18)20-3-2-4-21(11-20)35-28(38)19-9-10-22-23(12-19)30(40)43-29(22)39/h2-12,15-16,24-25,31,37H,13-14H2,1H3,(H,35,38)/t16-,24+,25+,31?/m0/s1. The van der Waals surface area contributed by atoms with E-state index in [-0.39, 0.29) is 46.6 Å². The van der Waals surface area contributed by atoms with E-state index in [0.717, 1.165) is 11.1 Å². The minimum absolute atomic E-state index is 0.0490. The second kappa shape index (κ2) is 11.9. The summed E-state index contributed by atoms with van der Waals surface area (Å²) in [6.45, 7) is 2.32. The fraction of sp³-hybridized carbons (Fsp3) is 0.226. The van der Waals surface area contributed by atoms with Crippen LogP contribution in [0.5, 0.6) is 0 Å². The topological polar surface area (TPSA) is 129 Å². The van der Waals surface area contributed by atoms with E-state index in [2.05, 4.69) is 15.0 Å². The van der Waals surface area contributed by atoms with Gasteiger partial charge in [-0.05, 0) is 41.5 Å². The molecular weight excluding hydrogens is 597 g/mol. The summed E-state index contributed by atoms with van der Waals surface area (Å²) in [6, 6.07) is 18.8. The van der Waals surface area contributed by atoms with E-state index in [1.54, 1.807) is 29.1 Å². The largest absolute Gasteiger partial charge is 0.392 e. The zero-order valence-corrected chi connectivity index (χ0v) is 24.2. The normalized spacial score (nSPS) is 21.4. The van der Waals surface area contributed by atoms with Crippen LogP contribution in [0, 0.1) is 5.92 Å². The minimum Gasteiger partial charge on any atom is -0.392 e. The first-order valence-corrected chi connectivity index (χ1v) is 14.2. The molecule has 4 atom stereocenters. The van der Waals surface area contributed by atoms with Crippen LogP contribution >= 0.6 is 23.2 Å². The van der Waals surface area contributed by atoms with Gasteiger partial charge in [0, 0.05) is 22.7 Å². The SMILES string of the molecule is C[C@H]1[C@@H](Cn2cnc(Cl)c2Cl)OC(c2cccc(NC(=O)c3ccc4c(c3)C(=O)OC4=O)c2)O[C@H]1c1ccc(CO)cc1. The third-order valence-corrected chi connectivity index (χ3v) is 8.33. The first-order valence-electron chi connectivity index (χ1n) is 13.4. The highest BCUT2D eigenvalue weighted by Gasteiger charge is 2.39. The monoisotopic (exact) mass is 621 g/mol. The molecule has 10 nitrogen and oxygen atoms in total. The van der Waals surface area contributed by atoms with Crippen molar-refractivity contribution in [1.29, 1.82) is 0 Å². The molecule has 1 fully saturated rings. The average molecular weight is 622 g/mol. The molecule has 4 aromatic rings. The quantitative estimate of drug-likeness (QED) is 0.197. The van der Waals surface area contributed by atoms with Gasteiger partial charge >= 0.3 is 11.9 Å². The Bertz CT molecular complexity index is 1720. The maximum absolute atomic E-state index is 13.1. The number of amides is 1. The predicted molar refractivity (Wildman–Crippen MR) is 156 cm³/mol.